The van der Waals surface area contributed by atoms with E-state index < -0.39 is 0 Å². The highest BCUT2D eigenvalue weighted by molar-refractivity contribution is 5.81. The molecule has 12 heavy (non-hydrogen) atoms. The molecule has 3 nitrogen and oxygen atoms in total. The highest BCUT2D eigenvalue weighted by Crippen LogP contribution is 2.04. The fourth-order valence-electron chi connectivity index (χ4n) is 1.51. The van der Waals surface area contributed by atoms with E-state index in [0.717, 1.165) is 19.6 Å². The van der Waals surface area contributed by atoms with Crippen molar-refractivity contribution in [3.05, 3.63) is 0 Å². The van der Waals surface area contributed by atoms with Crippen LogP contribution in [-0.4, -0.2) is 42.4 Å². The summed E-state index contributed by atoms with van der Waals surface area (Å²) in [5.74, 6) is 0.250. The zero-order valence-electron chi connectivity index (χ0n) is 8.13. The first-order chi connectivity index (χ1) is 5.61. The van der Waals surface area contributed by atoms with Crippen LogP contribution in [0.25, 0.3) is 0 Å². The monoisotopic (exact) mass is 170 g/mol. The highest BCUT2D eigenvalue weighted by atomic mass is 16.1. The summed E-state index contributed by atoms with van der Waals surface area (Å²) in [6, 6.07) is 0.607. The topological polar surface area (TPSA) is 32.3 Å². The number of hydrogen-bond donors (Lipinski definition) is 1. The second kappa shape index (κ2) is 4.01. The van der Waals surface area contributed by atoms with E-state index in [2.05, 4.69) is 24.1 Å². The second-order valence-corrected chi connectivity index (χ2v) is 3.71. The Balaban J connectivity index is 2.46. The molecule has 0 aliphatic carbocycles. The third-order valence-corrected chi connectivity index (χ3v) is 2.43. The average molecular weight is 170 g/mol. The van der Waals surface area contributed by atoms with E-state index in [4.69, 9.17) is 0 Å². The molecule has 0 saturated carbocycles. The van der Waals surface area contributed by atoms with E-state index in [1.165, 1.54) is 0 Å². The van der Waals surface area contributed by atoms with Crippen LogP contribution in [0.3, 0.4) is 0 Å². The number of Topliss-reactive ketones (excluding diaryl/α,β-unsaturated/α-hetero) is 1. The van der Waals surface area contributed by atoms with Crippen LogP contribution in [0.15, 0.2) is 0 Å². The number of rotatable bonds is 2. The number of piperazine rings is 1. The van der Waals surface area contributed by atoms with Gasteiger partial charge in [-0.25, -0.2) is 0 Å². The molecule has 0 radical (unpaired) electrons. The molecule has 1 saturated heterocycles. The van der Waals surface area contributed by atoms with E-state index in [1.807, 2.05) is 0 Å². The zero-order chi connectivity index (χ0) is 9.14. The van der Waals surface area contributed by atoms with Gasteiger partial charge in [-0.05, 0) is 20.8 Å². The lowest BCUT2D eigenvalue weighted by Crippen LogP contribution is -2.55. The minimum atomic E-state index is 0.0566. The summed E-state index contributed by atoms with van der Waals surface area (Å²) >= 11 is 0. The zero-order valence-corrected chi connectivity index (χ0v) is 8.13. The van der Waals surface area contributed by atoms with Crippen LogP contribution in [0.1, 0.15) is 20.8 Å². The van der Waals surface area contributed by atoms with Gasteiger partial charge in [-0.15, -0.1) is 0 Å². The highest BCUT2D eigenvalue weighted by Gasteiger charge is 2.23. The largest absolute Gasteiger partial charge is 0.305 e. The van der Waals surface area contributed by atoms with Gasteiger partial charge in [-0.3, -0.25) is 9.69 Å². The third kappa shape index (κ3) is 2.29. The van der Waals surface area contributed by atoms with Crippen LogP contribution in [0.2, 0.25) is 0 Å². The number of nitrogens with one attached hydrogen (secondary N) is 1. The molecule has 0 aromatic heterocycles. The number of hydrogen-bond acceptors (Lipinski definition) is 3. The summed E-state index contributed by atoms with van der Waals surface area (Å²) in [6.07, 6.45) is 0. The summed E-state index contributed by atoms with van der Waals surface area (Å²) in [5.41, 5.74) is 0. The number of carbonyl (C=O) groups is 1. The smallest absolute Gasteiger partial charge is 0.147 e. The fourth-order valence-corrected chi connectivity index (χ4v) is 1.51. The molecule has 0 bridgehead atoms. The van der Waals surface area contributed by atoms with Crippen molar-refractivity contribution in [1.82, 2.24) is 10.2 Å². The van der Waals surface area contributed by atoms with Gasteiger partial charge in [-0.1, -0.05) is 0 Å². The Labute approximate surface area is 74.1 Å². The SMILES string of the molecule is CC(=O)C1CN(C(C)C)CCN1. The summed E-state index contributed by atoms with van der Waals surface area (Å²) < 4.78 is 0. The maximum atomic E-state index is 11.1. The van der Waals surface area contributed by atoms with Gasteiger partial charge in [-0.2, -0.15) is 0 Å². The van der Waals surface area contributed by atoms with Crippen molar-refractivity contribution in [2.45, 2.75) is 32.9 Å². The quantitative estimate of drug-likeness (QED) is 0.645. The Hall–Kier alpha value is -0.410. The van der Waals surface area contributed by atoms with Crippen LogP contribution in [0.4, 0.5) is 0 Å². The second-order valence-electron chi connectivity index (χ2n) is 3.71. The summed E-state index contributed by atoms with van der Waals surface area (Å²) in [5, 5.41) is 3.21. The third-order valence-electron chi connectivity index (χ3n) is 2.43. The molecule has 70 valence electrons. The number of carbonyl (C=O) groups excluding carboxylic acids is 1. The maximum Gasteiger partial charge on any atom is 0.147 e. The van der Waals surface area contributed by atoms with E-state index in [0.29, 0.717) is 6.04 Å². The van der Waals surface area contributed by atoms with Gasteiger partial charge in [0.25, 0.3) is 0 Å². The molecule has 0 aromatic rings. The molecule has 3 heteroatoms. The molecule has 1 atom stereocenters. The van der Waals surface area contributed by atoms with E-state index in [1.54, 1.807) is 6.92 Å². The lowest BCUT2D eigenvalue weighted by Gasteiger charge is -2.35. The number of ketones is 1. The fraction of sp³-hybridized carbons (Fsp3) is 0.889. The van der Waals surface area contributed by atoms with E-state index in [9.17, 15) is 4.79 Å². The minimum absolute atomic E-state index is 0.0566. The minimum Gasteiger partial charge on any atom is -0.305 e. The van der Waals surface area contributed by atoms with Crippen molar-refractivity contribution in [2.24, 2.45) is 0 Å². The van der Waals surface area contributed by atoms with Crippen LogP contribution in [-0.2, 0) is 4.79 Å². The first kappa shape index (κ1) is 9.68. The standard InChI is InChI=1S/C9H18N2O/c1-7(2)11-5-4-10-9(6-11)8(3)12/h7,9-10H,4-6H2,1-3H3. The van der Waals surface area contributed by atoms with Gasteiger partial charge in [0.1, 0.15) is 5.78 Å². The molecule has 0 amide bonds. The van der Waals surface area contributed by atoms with Gasteiger partial charge < -0.3 is 5.32 Å². The molecule has 1 heterocycles. The van der Waals surface area contributed by atoms with Crippen LogP contribution in [0, 0.1) is 0 Å². The van der Waals surface area contributed by atoms with Crippen molar-refractivity contribution in [3.63, 3.8) is 0 Å². The molecule has 1 unspecified atom stereocenters. The Morgan fingerprint density at radius 1 is 1.58 bits per heavy atom. The number of nitrogens with zero attached hydrogens (tertiary/aromatic N) is 1. The lowest BCUT2D eigenvalue weighted by molar-refractivity contribution is -0.120. The van der Waals surface area contributed by atoms with Crippen LogP contribution < -0.4 is 5.32 Å². The molecule has 0 aromatic carbocycles. The first-order valence-corrected chi connectivity index (χ1v) is 4.59. The van der Waals surface area contributed by atoms with E-state index >= 15 is 0 Å². The van der Waals surface area contributed by atoms with Crippen molar-refractivity contribution in [3.8, 4) is 0 Å². The van der Waals surface area contributed by atoms with Crippen molar-refractivity contribution >= 4 is 5.78 Å². The van der Waals surface area contributed by atoms with Gasteiger partial charge in [0.2, 0.25) is 0 Å². The van der Waals surface area contributed by atoms with Crippen molar-refractivity contribution < 1.29 is 4.79 Å². The average Bonchev–Trinajstić information content (AvgIpc) is 2.04. The molecule has 0 spiro atoms. The predicted octanol–water partition coefficient (Wildman–Crippen LogP) is 0.258. The predicted molar refractivity (Wildman–Crippen MR) is 49.2 cm³/mol. The molecule has 1 fully saturated rings. The molecular weight excluding hydrogens is 152 g/mol. The molecule has 1 aliphatic rings. The van der Waals surface area contributed by atoms with Gasteiger partial charge in [0.15, 0.2) is 0 Å². The Bertz CT molecular complexity index is 168. The molecule has 1 rings (SSSR count). The van der Waals surface area contributed by atoms with Crippen LogP contribution >= 0.6 is 0 Å². The summed E-state index contributed by atoms with van der Waals surface area (Å²) in [6.45, 7) is 8.85. The lowest BCUT2D eigenvalue weighted by atomic mass is 10.1. The molecular formula is C9H18N2O. The Morgan fingerprint density at radius 3 is 2.75 bits per heavy atom. The van der Waals surface area contributed by atoms with Crippen LogP contribution in [0.5, 0.6) is 0 Å². The molecule has 1 N–H and O–H groups in total. The van der Waals surface area contributed by atoms with Crippen molar-refractivity contribution in [2.75, 3.05) is 19.6 Å². The van der Waals surface area contributed by atoms with Crippen molar-refractivity contribution in [1.29, 1.82) is 0 Å². The normalized spacial score (nSPS) is 26.2. The maximum absolute atomic E-state index is 11.1. The van der Waals surface area contributed by atoms with Gasteiger partial charge >= 0.3 is 0 Å². The molecule has 1 aliphatic heterocycles. The Morgan fingerprint density at radius 2 is 2.25 bits per heavy atom. The Kier molecular flexibility index (Phi) is 3.23. The summed E-state index contributed by atoms with van der Waals surface area (Å²) in [7, 11) is 0. The van der Waals surface area contributed by atoms with E-state index in [-0.39, 0.29) is 11.8 Å². The van der Waals surface area contributed by atoms with Gasteiger partial charge in [0, 0.05) is 25.7 Å². The first-order valence-electron chi connectivity index (χ1n) is 4.59. The summed E-state index contributed by atoms with van der Waals surface area (Å²) in [4.78, 5) is 13.4. The van der Waals surface area contributed by atoms with Gasteiger partial charge in [0.05, 0.1) is 6.04 Å².